The lowest BCUT2D eigenvalue weighted by molar-refractivity contribution is -0.150. The summed E-state index contributed by atoms with van der Waals surface area (Å²) >= 11 is 0. The minimum Gasteiger partial charge on any atom is -0.471 e. The number of aromatic nitrogens is 4. The van der Waals surface area contributed by atoms with Crippen LogP contribution >= 0.6 is 0 Å². The van der Waals surface area contributed by atoms with Crippen LogP contribution in [0.5, 0.6) is 5.88 Å². The number of hydrogen-bond acceptors (Lipinski definition) is 8. The Kier molecular flexibility index (Phi) is 9.28. The molecule has 0 saturated heterocycles. The molecule has 0 bridgehead atoms. The topological polar surface area (TPSA) is 112 Å². The van der Waals surface area contributed by atoms with Crippen LogP contribution in [-0.4, -0.2) is 62.7 Å². The van der Waals surface area contributed by atoms with Crippen LogP contribution in [0, 0.1) is 0 Å². The highest BCUT2D eigenvalue weighted by Crippen LogP contribution is 2.25. The van der Waals surface area contributed by atoms with Crippen molar-refractivity contribution < 1.29 is 19.1 Å². The van der Waals surface area contributed by atoms with Crippen LogP contribution in [0.25, 0.3) is 11.2 Å². The maximum atomic E-state index is 12.2. The van der Waals surface area contributed by atoms with Gasteiger partial charge in [0.15, 0.2) is 11.2 Å². The second-order valence-corrected chi connectivity index (χ2v) is 8.29. The molecule has 2 heterocycles. The van der Waals surface area contributed by atoms with Crippen LogP contribution in [-0.2, 0) is 27.5 Å². The highest BCUT2D eigenvalue weighted by Gasteiger charge is 2.19. The lowest BCUT2D eigenvalue weighted by Gasteiger charge is -2.17. The standard InChI is InChI=1S/C25H32N6O4/c1-5-19(32)12-13-21(33)35-20(6-2)14-31-17-26-22-23(31)28-25(27-16-30(3)4)29-24(22)34-15-18-10-8-7-9-11-18/h7-11,16-17,20H,5-6,12-15H2,1-4H3/t20-/m1/s1. The zero-order valence-electron chi connectivity index (χ0n) is 20.7. The Labute approximate surface area is 205 Å². The first-order valence-corrected chi connectivity index (χ1v) is 11.7. The molecule has 0 fully saturated rings. The zero-order chi connectivity index (χ0) is 25.2. The summed E-state index contributed by atoms with van der Waals surface area (Å²) in [6.45, 7) is 4.39. The molecule has 1 atom stereocenters. The van der Waals surface area contributed by atoms with Crippen molar-refractivity contribution >= 4 is 35.2 Å². The van der Waals surface area contributed by atoms with E-state index in [1.807, 2.05) is 51.4 Å². The first kappa shape index (κ1) is 25.8. The summed E-state index contributed by atoms with van der Waals surface area (Å²) in [6.07, 6.45) is 4.13. The van der Waals surface area contributed by atoms with Crippen molar-refractivity contribution in [1.82, 2.24) is 24.4 Å². The van der Waals surface area contributed by atoms with Crippen LogP contribution in [0.4, 0.5) is 5.95 Å². The van der Waals surface area contributed by atoms with Gasteiger partial charge in [-0.2, -0.15) is 9.97 Å². The monoisotopic (exact) mass is 480 g/mol. The van der Waals surface area contributed by atoms with Crippen LogP contribution in [0.1, 0.15) is 45.1 Å². The van der Waals surface area contributed by atoms with E-state index in [4.69, 9.17) is 9.47 Å². The summed E-state index contributed by atoms with van der Waals surface area (Å²) in [5, 5.41) is 0. The fourth-order valence-electron chi connectivity index (χ4n) is 3.22. The van der Waals surface area contributed by atoms with Gasteiger partial charge >= 0.3 is 5.97 Å². The molecule has 10 heteroatoms. The molecule has 0 radical (unpaired) electrons. The van der Waals surface area contributed by atoms with E-state index in [1.54, 1.807) is 29.1 Å². The minimum atomic E-state index is -0.394. The van der Waals surface area contributed by atoms with E-state index in [2.05, 4.69) is 19.9 Å². The molecule has 0 aliphatic heterocycles. The number of fused-ring (bicyclic) bond motifs is 1. The largest absolute Gasteiger partial charge is 0.471 e. The number of esters is 1. The molecule has 35 heavy (non-hydrogen) atoms. The Morgan fingerprint density at radius 2 is 1.91 bits per heavy atom. The van der Waals surface area contributed by atoms with Crippen molar-refractivity contribution in [3.8, 4) is 5.88 Å². The highest BCUT2D eigenvalue weighted by atomic mass is 16.5. The molecule has 10 nitrogen and oxygen atoms in total. The summed E-state index contributed by atoms with van der Waals surface area (Å²) in [4.78, 5) is 43.3. The van der Waals surface area contributed by atoms with E-state index in [0.717, 1.165) is 5.56 Å². The average molecular weight is 481 g/mol. The van der Waals surface area contributed by atoms with E-state index < -0.39 is 6.10 Å². The molecule has 1 aromatic carbocycles. The SMILES string of the molecule is CCC(=O)CCC(=O)O[C@H](CC)Cn1cnc2c(OCc3ccccc3)nc(N=CN(C)C)nc21. The molecular weight excluding hydrogens is 448 g/mol. The van der Waals surface area contributed by atoms with E-state index in [1.165, 1.54) is 0 Å². The van der Waals surface area contributed by atoms with Gasteiger partial charge in [0.25, 0.3) is 5.95 Å². The molecule has 3 rings (SSSR count). The third-order valence-corrected chi connectivity index (χ3v) is 5.20. The number of hydrogen-bond donors (Lipinski definition) is 0. The smallest absolute Gasteiger partial charge is 0.306 e. The zero-order valence-corrected chi connectivity index (χ0v) is 20.7. The van der Waals surface area contributed by atoms with Crippen molar-refractivity contribution in [3.05, 3.63) is 42.2 Å². The predicted octanol–water partition coefficient (Wildman–Crippen LogP) is 3.71. The number of Topliss-reactive ketones (excluding diaryl/α,β-unsaturated/α-hetero) is 1. The number of ketones is 1. The van der Waals surface area contributed by atoms with Crippen molar-refractivity contribution in [2.45, 2.75) is 58.8 Å². The number of rotatable bonds is 13. The predicted molar refractivity (Wildman–Crippen MR) is 133 cm³/mol. The molecule has 3 aromatic rings. The Morgan fingerprint density at radius 3 is 2.60 bits per heavy atom. The van der Waals surface area contributed by atoms with Gasteiger partial charge in [-0.1, -0.05) is 44.2 Å². The van der Waals surface area contributed by atoms with Gasteiger partial charge in [0.2, 0.25) is 5.88 Å². The van der Waals surface area contributed by atoms with Crippen molar-refractivity contribution in [2.24, 2.45) is 4.99 Å². The molecule has 0 aliphatic carbocycles. The first-order chi connectivity index (χ1) is 16.9. The Morgan fingerprint density at radius 1 is 1.14 bits per heavy atom. The molecule has 2 aromatic heterocycles. The third-order valence-electron chi connectivity index (χ3n) is 5.20. The number of ether oxygens (including phenoxy) is 2. The summed E-state index contributed by atoms with van der Waals surface area (Å²) in [7, 11) is 3.71. The lowest BCUT2D eigenvalue weighted by Crippen LogP contribution is -2.23. The number of carbonyl (C=O) groups is 2. The van der Waals surface area contributed by atoms with E-state index in [0.29, 0.717) is 43.0 Å². The Hall–Kier alpha value is -3.82. The maximum Gasteiger partial charge on any atom is 0.306 e. The lowest BCUT2D eigenvalue weighted by atomic mass is 10.2. The fraction of sp³-hybridized carbons (Fsp3) is 0.440. The quantitative estimate of drug-likeness (QED) is 0.207. The Balaban J connectivity index is 1.83. The van der Waals surface area contributed by atoms with Gasteiger partial charge in [-0.05, 0) is 12.0 Å². The van der Waals surface area contributed by atoms with Crippen LogP contribution < -0.4 is 4.74 Å². The van der Waals surface area contributed by atoms with Crippen molar-refractivity contribution in [3.63, 3.8) is 0 Å². The minimum absolute atomic E-state index is 0.0427. The molecule has 0 saturated carbocycles. The summed E-state index contributed by atoms with van der Waals surface area (Å²) in [6, 6.07) is 9.77. The normalized spacial score (nSPS) is 12.1. The van der Waals surface area contributed by atoms with E-state index in [-0.39, 0.29) is 30.5 Å². The summed E-state index contributed by atoms with van der Waals surface area (Å²) in [5.41, 5.74) is 2.03. The van der Waals surface area contributed by atoms with Crippen molar-refractivity contribution in [1.29, 1.82) is 0 Å². The molecular formula is C25H32N6O4. The van der Waals surface area contributed by atoms with Crippen LogP contribution in [0.2, 0.25) is 0 Å². The number of nitrogens with zero attached hydrogens (tertiary/aromatic N) is 6. The van der Waals surface area contributed by atoms with Gasteiger partial charge in [-0.3, -0.25) is 9.59 Å². The summed E-state index contributed by atoms with van der Waals surface area (Å²) in [5.74, 6) is 0.216. The molecule has 0 N–H and O–H groups in total. The summed E-state index contributed by atoms with van der Waals surface area (Å²) < 4.78 is 13.4. The second-order valence-electron chi connectivity index (χ2n) is 8.29. The average Bonchev–Trinajstić information content (AvgIpc) is 3.27. The number of aliphatic imine (C=N–C) groups is 1. The number of benzene rings is 1. The molecule has 186 valence electrons. The third kappa shape index (κ3) is 7.59. The van der Waals surface area contributed by atoms with Gasteiger partial charge in [0, 0.05) is 26.9 Å². The number of imidazole rings is 1. The van der Waals surface area contributed by atoms with Gasteiger partial charge in [-0.25, -0.2) is 9.98 Å². The van der Waals surface area contributed by atoms with Crippen molar-refractivity contribution in [2.75, 3.05) is 14.1 Å². The van der Waals surface area contributed by atoms with Gasteiger partial charge in [-0.15, -0.1) is 0 Å². The Bertz CT molecular complexity index is 1160. The van der Waals surface area contributed by atoms with E-state index in [9.17, 15) is 9.59 Å². The first-order valence-electron chi connectivity index (χ1n) is 11.7. The van der Waals surface area contributed by atoms with Gasteiger partial charge < -0.3 is 18.9 Å². The number of carbonyl (C=O) groups excluding carboxylic acids is 2. The van der Waals surface area contributed by atoms with E-state index >= 15 is 0 Å². The fourth-order valence-corrected chi connectivity index (χ4v) is 3.22. The molecule has 0 unspecified atom stereocenters. The van der Waals surface area contributed by atoms with Gasteiger partial charge in [0.1, 0.15) is 18.5 Å². The molecule has 0 aliphatic rings. The second kappa shape index (κ2) is 12.6. The van der Waals surface area contributed by atoms with Gasteiger partial charge in [0.05, 0.1) is 25.6 Å². The van der Waals surface area contributed by atoms with Crippen LogP contribution in [0.15, 0.2) is 41.7 Å². The molecule has 0 amide bonds. The maximum absolute atomic E-state index is 12.2. The van der Waals surface area contributed by atoms with Crippen LogP contribution in [0.3, 0.4) is 0 Å². The molecule has 0 spiro atoms. The highest BCUT2D eigenvalue weighted by molar-refractivity contribution is 5.82.